The molecule has 4 unspecified atom stereocenters. The Morgan fingerprint density at radius 1 is 0.949 bits per heavy atom. The second-order valence-electron chi connectivity index (χ2n) is 19.1. The van der Waals surface area contributed by atoms with Crippen LogP contribution in [0.4, 0.5) is 9.59 Å². The van der Waals surface area contributed by atoms with E-state index in [0.29, 0.717) is 0 Å². The normalized spacial score (nSPS) is 39.5. The van der Waals surface area contributed by atoms with E-state index in [0.717, 1.165) is 7.11 Å². The molecule has 5 aliphatic rings. The number of rotatable bonds is 6. The van der Waals surface area contributed by atoms with Crippen LogP contribution in [0.1, 0.15) is 92.4 Å². The second kappa shape index (κ2) is 14.5. The molecule has 2 saturated carbocycles. The maximum atomic E-state index is 15.1. The monoisotopic (exact) mass is 831 g/mol. The van der Waals surface area contributed by atoms with Crippen molar-refractivity contribution in [1.29, 1.82) is 0 Å². The van der Waals surface area contributed by atoms with Crippen molar-refractivity contribution in [1.82, 2.24) is 5.32 Å². The zero-order valence-electron chi connectivity index (χ0n) is 35.3. The lowest BCUT2D eigenvalue weighted by Crippen LogP contribution is -2.82. The summed E-state index contributed by atoms with van der Waals surface area (Å²) in [7, 11) is 1.07. The lowest BCUT2D eigenvalue weighted by Gasteiger charge is -2.67. The van der Waals surface area contributed by atoms with Crippen molar-refractivity contribution in [2.75, 3.05) is 13.7 Å². The van der Waals surface area contributed by atoms with Crippen LogP contribution in [0.5, 0.6) is 0 Å². The van der Waals surface area contributed by atoms with E-state index in [1.54, 1.807) is 52.8 Å². The van der Waals surface area contributed by atoms with Crippen molar-refractivity contribution in [3.05, 3.63) is 47.0 Å². The fourth-order valence-electron chi connectivity index (χ4n) is 10.0. The van der Waals surface area contributed by atoms with Gasteiger partial charge in [-0.15, -0.1) is 0 Å². The van der Waals surface area contributed by atoms with Gasteiger partial charge in [0, 0.05) is 23.7 Å². The first kappa shape index (κ1) is 44.4. The molecule has 0 spiro atoms. The standard InChI is InChI=1S/C42H57NO16/c1-20-24-25(45)29(46)40(10)22(44)17-23-41(19-54-23,59-35(51)53-11)27(40)30(56-31(47)21-15-13-12-14-16-21)42(52,38(24,7)8)18-39(20,9)57-32(48)26-28(37(5,6)33(49)55-26)43-34(50)58-36(2,3)4/h12-16,22-23,25-28,30,33,44-45,49,52H,17-19H2,1-11H3,(H,43,50)/t22-,23+,25+,26?,27?,28+,30?,33?,39-,40+,41-,42+/m0/s1. The topological polar surface area (TPSA) is 243 Å². The third kappa shape index (κ3) is 6.81. The van der Waals surface area contributed by atoms with E-state index in [9.17, 15) is 39.6 Å². The molecule has 1 aromatic rings. The SMILES string of the molecule is COC(=O)O[C@@]12CO[C@@H]1C[C@H](O)[C@@]1(C)C(=O)[C@H](O)C3=C(C)[C@@](C)(OC(=O)C4OC(O)C(C)(C)[C@@H]4NC(=O)OC(C)(C)C)C[C@@](O)(C(OC(=O)c4ccccc4)C12)C3(C)C. The van der Waals surface area contributed by atoms with Crippen LogP contribution in [0.25, 0.3) is 0 Å². The number of esters is 2. The zero-order chi connectivity index (χ0) is 44.1. The van der Waals surface area contributed by atoms with Crippen molar-refractivity contribution in [2.45, 2.75) is 147 Å². The van der Waals surface area contributed by atoms with Crippen LogP contribution in [0, 0.1) is 22.2 Å². The highest BCUT2D eigenvalue weighted by atomic mass is 16.8. The van der Waals surface area contributed by atoms with Crippen LogP contribution in [-0.2, 0) is 42.7 Å². The summed E-state index contributed by atoms with van der Waals surface area (Å²) >= 11 is 0. The fraction of sp³-hybridized carbons (Fsp3) is 0.690. The Labute approximate surface area is 342 Å². The molecule has 3 aliphatic carbocycles. The molecular weight excluding hydrogens is 774 g/mol. The number of aliphatic hydroxyl groups is 4. The minimum Gasteiger partial charge on any atom is -0.455 e. The molecule has 2 bridgehead atoms. The van der Waals surface area contributed by atoms with Gasteiger partial charge < -0.3 is 58.9 Å². The highest BCUT2D eigenvalue weighted by Crippen LogP contribution is 2.65. The largest absolute Gasteiger partial charge is 0.508 e. The average molecular weight is 832 g/mol. The number of hydrogen-bond donors (Lipinski definition) is 5. The van der Waals surface area contributed by atoms with Gasteiger partial charge in [0.15, 0.2) is 23.8 Å². The Balaban J connectivity index is 1.53. The molecule has 17 nitrogen and oxygen atoms in total. The van der Waals surface area contributed by atoms with E-state index in [4.69, 9.17) is 33.2 Å². The maximum absolute atomic E-state index is 15.1. The minimum atomic E-state index is -2.41. The number of amides is 1. The van der Waals surface area contributed by atoms with Gasteiger partial charge >= 0.3 is 24.2 Å². The molecular formula is C42H57NO16. The quantitative estimate of drug-likeness (QED) is 0.157. The van der Waals surface area contributed by atoms with E-state index >= 15 is 4.79 Å². The Morgan fingerprint density at radius 2 is 1.58 bits per heavy atom. The lowest BCUT2D eigenvalue weighted by molar-refractivity contribution is -0.345. The highest BCUT2D eigenvalue weighted by molar-refractivity contribution is 5.94. The van der Waals surface area contributed by atoms with Crippen LogP contribution in [0.15, 0.2) is 41.5 Å². The first-order chi connectivity index (χ1) is 27.1. The molecule has 2 heterocycles. The summed E-state index contributed by atoms with van der Waals surface area (Å²) in [5.74, 6) is -4.59. The average Bonchev–Trinajstić information content (AvgIpc) is 3.36. The smallest absolute Gasteiger partial charge is 0.455 e. The zero-order valence-corrected chi connectivity index (χ0v) is 35.3. The molecule has 0 radical (unpaired) electrons. The number of ketones is 1. The third-order valence-electron chi connectivity index (χ3n) is 13.7. The van der Waals surface area contributed by atoms with Crippen molar-refractivity contribution in [3.63, 3.8) is 0 Å². The van der Waals surface area contributed by atoms with Gasteiger partial charge in [0.1, 0.15) is 35.1 Å². The van der Waals surface area contributed by atoms with Gasteiger partial charge in [0.2, 0.25) is 0 Å². The number of nitrogens with one attached hydrogen (secondary N) is 1. The molecule has 0 aromatic heterocycles. The molecule has 4 fully saturated rings. The summed E-state index contributed by atoms with van der Waals surface area (Å²) in [5, 5.41) is 51.4. The number of ether oxygens (including phenoxy) is 7. The first-order valence-electron chi connectivity index (χ1n) is 19.7. The van der Waals surface area contributed by atoms with E-state index < -0.39 is 124 Å². The third-order valence-corrected chi connectivity index (χ3v) is 13.7. The molecule has 1 aromatic carbocycles. The van der Waals surface area contributed by atoms with Gasteiger partial charge in [0.25, 0.3) is 0 Å². The van der Waals surface area contributed by atoms with Gasteiger partial charge in [-0.2, -0.15) is 0 Å². The molecule has 2 aliphatic heterocycles. The summed E-state index contributed by atoms with van der Waals surface area (Å²) in [6.07, 6.45) is -12.6. The lowest BCUT2D eigenvalue weighted by atomic mass is 9.44. The van der Waals surface area contributed by atoms with Crippen LogP contribution >= 0.6 is 0 Å². The molecule has 59 heavy (non-hydrogen) atoms. The predicted octanol–water partition coefficient (Wildman–Crippen LogP) is 2.88. The number of Topliss-reactive ketones (excluding diaryl/α,β-unsaturated/α-hetero) is 1. The summed E-state index contributed by atoms with van der Waals surface area (Å²) in [6.45, 7) is 15.1. The first-order valence-corrected chi connectivity index (χ1v) is 19.7. The molecule has 1 amide bonds. The second-order valence-corrected chi connectivity index (χ2v) is 19.1. The van der Waals surface area contributed by atoms with Gasteiger partial charge in [-0.1, -0.05) is 45.9 Å². The molecule has 12 atom stereocenters. The number of carbonyl (C=O) groups excluding carboxylic acids is 5. The van der Waals surface area contributed by atoms with Crippen molar-refractivity contribution in [3.8, 4) is 0 Å². The number of hydrogen-bond acceptors (Lipinski definition) is 16. The molecule has 326 valence electrons. The van der Waals surface area contributed by atoms with Gasteiger partial charge in [-0.25, -0.2) is 19.2 Å². The van der Waals surface area contributed by atoms with Gasteiger partial charge in [-0.3, -0.25) is 4.79 Å². The fourth-order valence-corrected chi connectivity index (χ4v) is 10.0. The molecule has 6 rings (SSSR count). The van der Waals surface area contributed by atoms with E-state index in [2.05, 4.69) is 5.32 Å². The van der Waals surface area contributed by atoms with Crippen molar-refractivity contribution < 1.29 is 77.6 Å². The van der Waals surface area contributed by atoms with Crippen molar-refractivity contribution >= 4 is 30.0 Å². The van der Waals surface area contributed by atoms with Crippen LogP contribution < -0.4 is 5.32 Å². The summed E-state index contributed by atoms with van der Waals surface area (Å²) in [4.78, 5) is 69.8. The number of fused-ring (bicyclic) bond motifs is 5. The summed E-state index contributed by atoms with van der Waals surface area (Å²) in [5.41, 5.74) is -12.0. The summed E-state index contributed by atoms with van der Waals surface area (Å²) in [6, 6.07) is 6.61. The van der Waals surface area contributed by atoms with Crippen LogP contribution in [0.3, 0.4) is 0 Å². The number of methoxy groups -OCH3 is 1. The van der Waals surface area contributed by atoms with Gasteiger partial charge in [0.05, 0.1) is 42.8 Å². The predicted molar refractivity (Wildman–Crippen MR) is 203 cm³/mol. The Kier molecular flexibility index (Phi) is 10.9. The van der Waals surface area contributed by atoms with Crippen LogP contribution in [0.2, 0.25) is 0 Å². The minimum absolute atomic E-state index is 0.0600. The Morgan fingerprint density at radius 3 is 2.14 bits per heavy atom. The van der Waals surface area contributed by atoms with Crippen LogP contribution in [-0.4, -0.2) is 129 Å². The Hall–Kier alpha value is -4.13. The highest BCUT2D eigenvalue weighted by Gasteiger charge is 2.79. The Bertz CT molecular complexity index is 1920. The molecule has 5 N–H and O–H groups in total. The van der Waals surface area contributed by atoms with Gasteiger partial charge in [-0.05, 0) is 64.8 Å². The van der Waals surface area contributed by atoms with E-state index in [1.807, 2.05) is 0 Å². The number of alkyl carbamates (subject to hydrolysis) is 1. The maximum Gasteiger partial charge on any atom is 0.508 e. The summed E-state index contributed by atoms with van der Waals surface area (Å²) < 4.78 is 40.4. The molecule has 2 saturated heterocycles. The van der Waals surface area contributed by atoms with E-state index in [1.165, 1.54) is 46.8 Å². The van der Waals surface area contributed by atoms with Crippen molar-refractivity contribution in [2.24, 2.45) is 22.2 Å². The van der Waals surface area contributed by atoms with E-state index in [-0.39, 0.29) is 29.7 Å². The number of benzene rings is 1. The number of aliphatic hydroxyl groups excluding tert-OH is 3. The number of carbonyl (C=O) groups is 5. The molecule has 17 heteroatoms.